The van der Waals surface area contributed by atoms with Gasteiger partial charge in [-0.3, -0.25) is 9.20 Å². The van der Waals surface area contributed by atoms with E-state index in [9.17, 15) is 9.18 Å². The summed E-state index contributed by atoms with van der Waals surface area (Å²) in [5.41, 5.74) is 2.79. The Morgan fingerprint density at radius 2 is 2.04 bits per heavy atom. The van der Waals surface area contributed by atoms with Crippen LogP contribution in [0.2, 0.25) is 0 Å². The number of benzene rings is 1. The summed E-state index contributed by atoms with van der Waals surface area (Å²) in [5, 5.41) is 1.79. The molecule has 4 aromatic rings. The molecule has 27 heavy (non-hydrogen) atoms. The fourth-order valence-electron chi connectivity index (χ4n) is 2.80. The van der Waals surface area contributed by atoms with Gasteiger partial charge in [0.25, 0.3) is 5.91 Å². The fourth-order valence-corrected chi connectivity index (χ4v) is 3.65. The van der Waals surface area contributed by atoms with Gasteiger partial charge in [0.05, 0.1) is 17.4 Å². The van der Waals surface area contributed by atoms with Crippen molar-refractivity contribution >= 4 is 22.2 Å². The Morgan fingerprint density at radius 3 is 2.74 bits per heavy atom. The second-order valence-electron chi connectivity index (χ2n) is 6.13. The first kappa shape index (κ1) is 17.3. The molecule has 0 fully saturated rings. The highest BCUT2D eigenvalue weighted by Gasteiger charge is 2.23. The third-order valence-corrected chi connectivity index (χ3v) is 5.34. The maximum absolute atomic E-state index is 13.1. The molecule has 0 saturated carbocycles. The van der Waals surface area contributed by atoms with Crippen molar-refractivity contribution in [3.63, 3.8) is 0 Å². The minimum Gasteiger partial charge on any atom is -0.332 e. The Morgan fingerprint density at radius 1 is 1.26 bits per heavy atom. The first-order valence-electron chi connectivity index (χ1n) is 8.30. The number of halogens is 1. The minimum atomic E-state index is -0.295. The average Bonchev–Trinajstić information content (AvgIpc) is 3.28. The van der Waals surface area contributed by atoms with Crippen LogP contribution in [0, 0.1) is 5.82 Å². The molecule has 0 aliphatic heterocycles. The van der Waals surface area contributed by atoms with Crippen LogP contribution in [0.15, 0.2) is 54.4 Å². The first-order valence-corrected chi connectivity index (χ1v) is 9.18. The molecular formula is C19H16FN5OS. The van der Waals surface area contributed by atoms with Crippen molar-refractivity contribution in [1.82, 2.24) is 24.3 Å². The molecule has 0 N–H and O–H groups in total. The smallest absolute Gasteiger partial charge is 0.272 e. The van der Waals surface area contributed by atoms with Crippen molar-refractivity contribution in [1.29, 1.82) is 0 Å². The predicted molar refractivity (Wildman–Crippen MR) is 101 cm³/mol. The predicted octanol–water partition coefficient (Wildman–Crippen LogP) is 3.83. The number of hydrogen-bond acceptors (Lipinski definition) is 5. The van der Waals surface area contributed by atoms with Crippen LogP contribution in [0.5, 0.6) is 0 Å². The molecule has 6 nitrogen and oxygen atoms in total. The largest absolute Gasteiger partial charge is 0.332 e. The van der Waals surface area contributed by atoms with Crippen LogP contribution in [0.4, 0.5) is 4.39 Å². The molecular weight excluding hydrogens is 365 g/mol. The highest BCUT2D eigenvalue weighted by Crippen LogP contribution is 2.26. The molecule has 4 rings (SSSR count). The van der Waals surface area contributed by atoms with E-state index in [2.05, 4.69) is 15.0 Å². The van der Waals surface area contributed by atoms with E-state index in [0.29, 0.717) is 16.3 Å². The van der Waals surface area contributed by atoms with E-state index < -0.39 is 0 Å². The van der Waals surface area contributed by atoms with E-state index in [1.54, 1.807) is 52.3 Å². The fraction of sp³-hybridized carbons (Fsp3) is 0.158. The van der Waals surface area contributed by atoms with E-state index >= 15 is 0 Å². The van der Waals surface area contributed by atoms with Gasteiger partial charge >= 0.3 is 0 Å². The summed E-state index contributed by atoms with van der Waals surface area (Å²) in [4.78, 5) is 28.0. The maximum atomic E-state index is 13.1. The average molecular weight is 381 g/mol. The Kier molecular flexibility index (Phi) is 4.41. The molecule has 1 amide bonds. The lowest BCUT2D eigenvalue weighted by Gasteiger charge is -2.24. The second kappa shape index (κ2) is 6.88. The molecule has 0 radical (unpaired) electrons. The maximum Gasteiger partial charge on any atom is 0.272 e. The third-order valence-electron chi connectivity index (χ3n) is 4.50. The van der Waals surface area contributed by atoms with Crippen LogP contribution in [0.25, 0.3) is 16.2 Å². The van der Waals surface area contributed by atoms with E-state index in [4.69, 9.17) is 0 Å². The SMILES string of the molecule is C[C@H](c1ccncn1)N(C)C(=O)c1csc2nc(-c3ccc(F)cc3)cn12. The Labute approximate surface area is 159 Å². The Balaban J connectivity index is 1.65. The van der Waals surface area contributed by atoms with Gasteiger partial charge in [0.2, 0.25) is 0 Å². The number of aromatic nitrogens is 4. The monoisotopic (exact) mass is 381 g/mol. The zero-order valence-electron chi connectivity index (χ0n) is 14.7. The molecule has 0 spiro atoms. The minimum absolute atomic E-state index is 0.129. The summed E-state index contributed by atoms with van der Waals surface area (Å²) in [6, 6.07) is 7.73. The number of thiazole rings is 1. The van der Waals surface area contributed by atoms with Gasteiger partial charge in [-0.1, -0.05) is 0 Å². The number of hydrogen-bond donors (Lipinski definition) is 0. The number of fused-ring (bicyclic) bond motifs is 1. The van der Waals surface area contributed by atoms with E-state index in [1.807, 2.05) is 6.92 Å². The number of carbonyl (C=O) groups excluding carboxylic acids is 1. The van der Waals surface area contributed by atoms with E-state index in [-0.39, 0.29) is 17.8 Å². The zero-order chi connectivity index (χ0) is 19.0. The Bertz CT molecular complexity index is 1090. The van der Waals surface area contributed by atoms with Crippen LogP contribution in [-0.2, 0) is 0 Å². The van der Waals surface area contributed by atoms with Crippen molar-refractivity contribution in [3.05, 3.63) is 71.6 Å². The van der Waals surface area contributed by atoms with Crippen molar-refractivity contribution in [2.45, 2.75) is 13.0 Å². The van der Waals surface area contributed by atoms with Gasteiger partial charge in [-0.2, -0.15) is 0 Å². The molecule has 8 heteroatoms. The highest BCUT2D eigenvalue weighted by molar-refractivity contribution is 7.15. The van der Waals surface area contributed by atoms with Crippen LogP contribution in [0.3, 0.4) is 0 Å². The number of imidazole rings is 1. The quantitative estimate of drug-likeness (QED) is 0.539. The Hall–Kier alpha value is -3.13. The van der Waals surface area contributed by atoms with Gasteiger partial charge in [-0.15, -0.1) is 11.3 Å². The van der Waals surface area contributed by atoms with Crippen molar-refractivity contribution in [2.24, 2.45) is 0 Å². The van der Waals surface area contributed by atoms with Gasteiger partial charge in [-0.25, -0.2) is 19.3 Å². The summed E-state index contributed by atoms with van der Waals surface area (Å²) in [5.74, 6) is -0.425. The number of amides is 1. The standard InChI is InChI=1S/C19H16FN5OS/c1-12(15-7-8-21-11-22-15)24(2)18(26)17-10-27-19-23-16(9-25(17)19)13-3-5-14(20)6-4-13/h3-12H,1-2H3/t12-/m1/s1. The number of nitrogens with zero attached hydrogens (tertiary/aromatic N) is 5. The summed E-state index contributed by atoms with van der Waals surface area (Å²) in [7, 11) is 1.75. The van der Waals surface area contributed by atoms with E-state index in [1.165, 1.54) is 29.8 Å². The van der Waals surface area contributed by atoms with Crippen LogP contribution in [-0.4, -0.2) is 37.2 Å². The molecule has 0 aliphatic rings. The second-order valence-corrected chi connectivity index (χ2v) is 6.97. The number of rotatable bonds is 4. The molecule has 0 saturated heterocycles. The number of carbonyl (C=O) groups is 1. The van der Waals surface area contributed by atoms with Crippen LogP contribution >= 0.6 is 11.3 Å². The third kappa shape index (κ3) is 3.19. The van der Waals surface area contributed by atoms with Gasteiger partial charge in [0, 0.05) is 30.4 Å². The molecule has 1 atom stereocenters. The lowest BCUT2D eigenvalue weighted by atomic mass is 10.2. The summed E-state index contributed by atoms with van der Waals surface area (Å²) in [6.45, 7) is 1.92. The molecule has 0 aliphatic carbocycles. The molecule has 0 unspecified atom stereocenters. The highest BCUT2D eigenvalue weighted by atomic mass is 32.1. The molecule has 3 aromatic heterocycles. The topological polar surface area (TPSA) is 63.4 Å². The van der Waals surface area contributed by atoms with Gasteiger partial charge in [-0.05, 0) is 37.3 Å². The molecule has 0 bridgehead atoms. The lowest BCUT2D eigenvalue weighted by Crippen LogP contribution is -2.30. The normalized spacial score (nSPS) is 12.3. The molecule has 3 heterocycles. The van der Waals surface area contributed by atoms with Crippen molar-refractivity contribution in [3.8, 4) is 11.3 Å². The first-order chi connectivity index (χ1) is 13.0. The van der Waals surface area contributed by atoms with Gasteiger partial charge < -0.3 is 4.90 Å². The molecule has 1 aromatic carbocycles. The molecule has 136 valence electrons. The zero-order valence-corrected chi connectivity index (χ0v) is 15.5. The van der Waals surface area contributed by atoms with E-state index in [0.717, 1.165) is 11.3 Å². The van der Waals surface area contributed by atoms with Crippen LogP contribution in [0.1, 0.15) is 29.1 Å². The lowest BCUT2D eigenvalue weighted by molar-refractivity contribution is 0.0733. The van der Waals surface area contributed by atoms with Gasteiger partial charge in [0.1, 0.15) is 17.8 Å². The summed E-state index contributed by atoms with van der Waals surface area (Å²) in [6.07, 6.45) is 4.93. The van der Waals surface area contributed by atoms with Gasteiger partial charge in [0.15, 0.2) is 4.96 Å². The summed E-state index contributed by atoms with van der Waals surface area (Å²) >= 11 is 1.39. The van der Waals surface area contributed by atoms with Crippen molar-refractivity contribution < 1.29 is 9.18 Å². The van der Waals surface area contributed by atoms with Crippen LogP contribution < -0.4 is 0 Å². The van der Waals surface area contributed by atoms with Crippen molar-refractivity contribution in [2.75, 3.05) is 7.05 Å². The summed E-state index contributed by atoms with van der Waals surface area (Å²) < 4.78 is 14.9.